The summed E-state index contributed by atoms with van der Waals surface area (Å²) >= 11 is 0. The molecule has 1 aromatic carbocycles. The van der Waals surface area contributed by atoms with E-state index in [1.807, 2.05) is 31.2 Å². The van der Waals surface area contributed by atoms with Crippen LogP contribution in [-0.2, 0) is 4.74 Å². The molecule has 0 radical (unpaired) electrons. The average molecular weight is 260 g/mol. The molecule has 2 aliphatic heterocycles. The normalized spacial score (nSPS) is 27.4. The molecule has 4 nitrogen and oxygen atoms in total. The third-order valence-electron chi connectivity index (χ3n) is 4.12. The molecule has 0 saturated carbocycles. The lowest BCUT2D eigenvalue weighted by Gasteiger charge is -2.24. The molecule has 1 amide bonds. The zero-order chi connectivity index (χ0) is 13.3. The van der Waals surface area contributed by atoms with Crippen LogP contribution in [0.4, 0.5) is 10.5 Å². The molecule has 2 saturated heterocycles. The minimum Gasteiger partial charge on any atom is -0.441 e. The number of aryl methyl sites for hydroxylation is 1. The lowest BCUT2D eigenvalue weighted by Crippen LogP contribution is -2.35. The van der Waals surface area contributed by atoms with Crippen LogP contribution in [0.2, 0.25) is 0 Å². The number of hydrogen-bond donors (Lipinski definition) is 1. The third kappa shape index (κ3) is 2.32. The van der Waals surface area contributed by atoms with E-state index in [0.717, 1.165) is 43.6 Å². The van der Waals surface area contributed by atoms with Crippen LogP contribution in [0.25, 0.3) is 0 Å². The number of rotatable bonds is 1. The van der Waals surface area contributed by atoms with Gasteiger partial charge in [-0.25, -0.2) is 4.79 Å². The van der Waals surface area contributed by atoms with Crippen molar-refractivity contribution in [3.05, 3.63) is 29.8 Å². The van der Waals surface area contributed by atoms with E-state index in [2.05, 4.69) is 5.32 Å². The molecule has 2 fully saturated rings. The number of nitrogens with zero attached hydrogens (tertiary/aromatic N) is 1. The predicted molar refractivity (Wildman–Crippen MR) is 74.5 cm³/mol. The van der Waals surface area contributed by atoms with Gasteiger partial charge in [0.25, 0.3) is 0 Å². The Hall–Kier alpha value is -1.55. The highest BCUT2D eigenvalue weighted by Crippen LogP contribution is 2.35. The molecule has 1 spiro atoms. The number of amides is 1. The van der Waals surface area contributed by atoms with Gasteiger partial charge in [-0.2, -0.15) is 0 Å². The molecule has 1 unspecified atom stereocenters. The molecule has 0 bridgehead atoms. The van der Waals surface area contributed by atoms with Crippen LogP contribution in [0, 0.1) is 6.92 Å². The number of anilines is 1. The quantitative estimate of drug-likeness (QED) is 0.843. The Morgan fingerprint density at radius 2 is 2.11 bits per heavy atom. The summed E-state index contributed by atoms with van der Waals surface area (Å²) in [6.45, 7) is 4.65. The summed E-state index contributed by atoms with van der Waals surface area (Å²) in [4.78, 5) is 14.0. The maximum atomic E-state index is 12.2. The Balaban J connectivity index is 1.85. The van der Waals surface area contributed by atoms with Gasteiger partial charge in [0, 0.05) is 6.42 Å². The standard InChI is InChI=1S/C15H20N2O2/c1-12-5-2-3-6-13(12)17-11-15(19-14(17)18)7-4-9-16-10-8-15/h2-3,5-6,16H,4,7-11H2,1H3. The van der Waals surface area contributed by atoms with E-state index in [-0.39, 0.29) is 11.7 Å². The highest BCUT2D eigenvalue weighted by molar-refractivity contribution is 5.91. The molecule has 2 aliphatic rings. The van der Waals surface area contributed by atoms with Crippen molar-refractivity contribution in [2.75, 3.05) is 24.5 Å². The molecular weight excluding hydrogens is 240 g/mol. The number of carbonyl (C=O) groups is 1. The topological polar surface area (TPSA) is 41.6 Å². The fourth-order valence-corrected chi connectivity index (χ4v) is 3.04. The van der Waals surface area contributed by atoms with E-state index >= 15 is 0 Å². The predicted octanol–water partition coefficient (Wildman–Crippen LogP) is 2.46. The maximum Gasteiger partial charge on any atom is 0.415 e. The van der Waals surface area contributed by atoms with Crippen LogP contribution in [0.1, 0.15) is 24.8 Å². The first-order valence-corrected chi connectivity index (χ1v) is 6.97. The van der Waals surface area contributed by atoms with Gasteiger partial charge in [-0.1, -0.05) is 18.2 Å². The first-order chi connectivity index (χ1) is 9.20. The zero-order valence-electron chi connectivity index (χ0n) is 11.3. The van der Waals surface area contributed by atoms with Crippen LogP contribution in [0.3, 0.4) is 0 Å². The average Bonchev–Trinajstić information content (AvgIpc) is 2.58. The molecule has 1 atom stereocenters. The van der Waals surface area contributed by atoms with E-state index in [0.29, 0.717) is 6.54 Å². The summed E-state index contributed by atoms with van der Waals surface area (Å²) in [7, 11) is 0. The fourth-order valence-electron chi connectivity index (χ4n) is 3.04. The van der Waals surface area contributed by atoms with Crippen molar-refractivity contribution >= 4 is 11.8 Å². The van der Waals surface area contributed by atoms with Crippen molar-refractivity contribution in [3.8, 4) is 0 Å². The molecule has 19 heavy (non-hydrogen) atoms. The Kier molecular flexibility index (Phi) is 3.19. The summed E-state index contributed by atoms with van der Waals surface area (Å²) in [6.07, 6.45) is 2.72. The molecule has 102 valence electrons. The monoisotopic (exact) mass is 260 g/mol. The van der Waals surface area contributed by atoms with Crippen LogP contribution in [-0.4, -0.2) is 31.3 Å². The largest absolute Gasteiger partial charge is 0.441 e. The summed E-state index contributed by atoms with van der Waals surface area (Å²) in [5, 5.41) is 3.37. The number of para-hydroxylation sites is 1. The molecule has 4 heteroatoms. The van der Waals surface area contributed by atoms with Crippen LogP contribution >= 0.6 is 0 Å². The molecular formula is C15H20N2O2. The van der Waals surface area contributed by atoms with Crippen molar-refractivity contribution in [1.82, 2.24) is 5.32 Å². The second kappa shape index (κ2) is 4.85. The van der Waals surface area contributed by atoms with Crippen LogP contribution in [0.5, 0.6) is 0 Å². The molecule has 0 aliphatic carbocycles. The molecule has 1 N–H and O–H groups in total. The summed E-state index contributed by atoms with van der Waals surface area (Å²) in [6, 6.07) is 7.98. The van der Waals surface area contributed by atoms with Gasteiger partial charge in [-0.05, 0) is 44.5 Å². The third-order valence-corrected chi connectivity index (χ3v) is 4.12. The van der Waals surface area contributed by atoms with Crippen molar-refractivity contribution in [2.24, 2.45) is 0 Å². The van der Waals surface area contributed by atoms with E-state index < -0.39 is 0 Å². The Morgan fingerprint density at radius 1 is 1.26 bits per heavy atom. The Labute approximate surface area is 113 Å². The van der Waals surface area contributed by atoms with Crippen molar-refractivity contribution < 1.29 is 9.53 Å². The fraction of sp³-hybridized carbons (Fsp3) is 0.533. The molecule has 3 rings (SSSR count). The molecule has 0 aromatic heterocycles. The Morgan fingerprint density at radius 3 is 2.95 bits per heavy atom. The number of nitrogens with one attached hydrogen (secondary N) is 1. The second-order valence-corrected chi connectivity index (χ2v) is 5.53. The van der Waals surface area contributed by atoms with Crippen molar-refractivity contribution in [1.29, 1.82) is 0 Å². The van der Waals surface area contributed by atoms with Crippen LogP contribution < -0.4 is 10.2 Å². The summed E-state index contributed by atoms with van der Waals surface area (Å²) in [5.41, 5.74) is 1.80. The van der Waals surface area contributed by atoms with Crippen molar-refractivity contribution in [3.63, 3.8) is 0 Å². The smallest absolute Gasteiger partial charge is 0.415 e. The summed E-state index contributed by atoms with van der Waals surface area (Å²) < 4.78 is 5.74. The van der Waals surface area contributed by atoms with Gasteiger partial charge in [-0.3, -0.25) is 4.90 Å². The molecule has 2 heterocycles. The van der Waals surface area contributed by atoms with Gasteiger partial charge in [-0.15, -0.1) is 0 Å². The highest BCUT2D eigenvalue weighted by atomic mass is 16.6. The van der Waals surface area contributed by atoms with Crippen molar-refractivity contribution in [2.45, 2.75) is 31.8 Å². The maximum absolute atomic E-state index is 12.2. The first-order valence-electron chi connectivity index (χ1n) is 6.97. The minimum atomic E-state index is -0.289. The van der Waals surface area contributed by atoms with Gasteiger partial charge in [0.1, 0.15) is 5.60 Å². The van der Waals surface area contributed by atoms with Gasteiger partial charge >= 0.3 is 6.09 Å². The molecule has 1 aromatic rings. The summed E-state index contributed by atoms with van der Waals surface area (Å²) in [5.74, 6) is 0. The van der Waals surface area contributed by atoms with E-state index in [9.17, 15) is 4.79 Å². The second-order valence-electron chi connectivity index (χ2n) is 5.53. The van der Waals surface area contributed by atoms with E-state index in [1.54, 1.807) is 4.90 Å². The van der Waals surface area contributed by atoms with Crippen LogP contribution in [0.15, 0.2) is 24.3 Å². The number of benzene rings is 1. The number of carbonyl (C=O) groups excluding carboxylic acids is 1. The van der Waals surface area contributed by atoms with E-state index in [1.165, 1.54) is 0 Å². The van der Waals surface area contributed by atoms with Gasteiger partial charge in [0.15, 0.2) is 0 Å². The minimum absolute atomic E-state index is 0.198. The van der Waals surface area contributed by atoms with Gasteiger partial charge in [0.2, 0.25) is 0 Å². The lowest BCUT2D eigenvalue weighted by atomic mass is 9.94. The Bertz CT molecular complexity index is 479. The number of hydrogen-bond acceptors (Lipinski definition) is 3. The van der Waals surface area contributed by atoms with E-state index in [4.69, 9.17) is 4.74 Å². The van der Waals surface area contributed by atoms with Gasteiger partial charge < -0.3 is 10.1 Å². The highest BCUT2D eigenvalue weighted by Gasteiger charge is 2.45. The lowest BCUT2D eigenvalue weighted by molar-refractivity contribution is 0.0470. The number of ether oxygens (including phenoxy) is 1. The first kappa shape index (κ1) is 12.5. The SMILES string of the molecule is Cc1ccccc1N1CC2(CCCNCC2)OC1=O. The van der Waals surface area contributed by atoms with Gasteiger partial charge in [0.05, 0.1) is 12.2 Å². The zero-order valence-corrected chi connectivity index (χ0v) is 11.3.